The first-order chi connectivity index (χ1) is 14.5. The quantitative estimate of drug-likeness (QED) is 0.658. The summed E-state index contributed by atoms with van der Waals surface area (Å²) in [5, 5.41) is 7.21. The highest BCUT2D eigenvalue weighted by Crippen LogP contribution is 2.29. The molecular formula is C21H22ClN5O3. The summed E-state index contributed by atoms with van der Waals surface area (Å²) in [7, 11) is 1.56. The van der Waals surface area contributed by atoms with Gasteiger partial charge in [-0.15, -0.1) is 0 Å². The van der Waals surface area contributed by atoms with Crippen molar-refractivity contribution in [1.82, 2.24) is 15.1 Å². The monoisotopic (exact) mass is 427 g/mol. The highest BCUT2D eigenvalue weighted by atomic mass is 35.5. The first-order valence-corrected chi connectivity index (χ1v) is 10.1. The second-order valence-corrected chi connectivity index (χ2v) is 7.58. The molecule has 1 aliphatic heterocycles. The largest absolute Gasteiger partial charge is 0.495 e. The number of benzene rings is 1. The number of carbonyl (C=O) groups is 1. The maximum atomic E-state index is 12.8. The Kier molecular flexibility index (Phi) is 5.85. The van der Waals surface area contributed by atoms with Gasteiger partial charge in [0.15, 0.2) is 5.82 Å². The molecule has 30 heavy (non-hydrogen) atoms. The van der Waals surface area contributed by atoms with Gasteiger partial charge in [-0.25, -0.2) is 4.98 Å². The molecule has 1 aliphatic rings. The van der Waals surface area contributed by atoms with E-state index in [-0.39, 0.29) is 11.8 Å². The van der Waals surface area contributed by atoms with E-state index in [1.165, 1.54) is 0 Å². The predicted molar refractivity (Wildman–Crippen MR) is 114 cm³/mol. The Bertz CT molecular complexity index is 1040. The molecule has 1 N–H and O–H groups in total. The first kappa shape index (κ1) is 20.2. The van der Waals surface area contributed by atoms with Crippen LogP contribution in [0.1, 0.15) is 18.7 Å². The number of nitrogens with one attached hydrogen (secondary N) is 1. The summed E-state index contributed by atoms with van der Waals surface area (Å²) in [4.78, 5) is 23.7. The molecule has 1 fully saturated rings. The Morgan fingerprint density at radius 2 is 2.20 bits per heavy atom. The van der Waals surface area contributed by atoms with Gasteiger partial charge in [-0.1, -0.05) is 16.8 Å². The Morgan fingerprint density at radius 1 is 1.33 bits per heavy atom. The van der Waals surface area contributed by atoms with E-state index in [1.807, 2.05) is 12.1 Å². The van der Waals surface area contributed by atoms with E-state index in [4.69, 9.17) is 20.9 Å². The number of aryl methyl sites for hydroxylation is 1. The van der Waals surface area contributed by atoms with Crippen LogP contribution in [-0.4, -0.2) is 41.2 Å². The van der Waals surface area contributed by atoms with Crippen molar-refractivity contribution in [3.05, 3.63) is 47.4 Å². The Labute approximate surface area is 179 Å². The molecule has 0 bridgehead atoms. The number of nitrogens with zero attached hydrogens (tertiary/aromatic N) is 4. The van der Waals surface area contributed by atoms with Crippen LogP contribution in [0.2, 0.25) is 5.02 Å². The van der Waals surface area contributed by atoms with Gasteiger partial charge in [0.05, 0.1) is 23.6 Å². The van der Waals surface area contributed by atoms with E-state index in [9.17, 15) is 4.79 Å². The zero-order valence-corrected chi connectivity index (χ0v) is 17.5. The summed E-state index contributed by atoms with van der Waals surface area (Å²) in [5.74, 6) is 2.25. The lowest BCUT2D eigenvalue weighted by molar-refractivity contribution is -0.120. The fourth-order valence-corrected chi connectivity index (χ4v) is 3.76. The molecule has 1 unspecified atom stereocenters. The minimum Gasteiger partial charge on any atom is -0.495 e. The van der Waals surface area contributed by atoms with E-state index in [2.05, 4.69) is 25.3 Å². The van der Waals surface area contributed by atoms with Crippen molar-refractivity contribution in [3.8, 4) is 17.2 Å². The minimum atomic E-state index is -0.139. The molecular weight excluding hydrogens is 406 g/mol. The van der Waals surface area contributed by atoms with Crippen molar-refractivity contribution < 1.29 is 14.1 Å². The standard InChI is InChI=1S/C21H22ClN5O3/c1-13-24-21(30-26-13)14-5-8-19(23-11-14)27-9-3-4-15(12-27)20(28)25-16-6-7-18(29-2)17(22)10-16/h5-8,10-11,15H,3-4,9,12H2,1-2H3,(H,25,28). The number of piperidine rings is 1. The van der Waals surface area contributed by atoms with Gasteiger partial charge in [0, 0.05) is 25.0 Å². The van der Waals surface area contributed by atoms with Gasteiger partial charge < -0.3 is 19.5 Å². The molecule has 2 aromatic heterocycles. The summed E-state index contributed by atoms with van der Waals surface area (Å²) < 4.78 is 10.3. The lowest BCUT2D eigenvalue weighted by atomic mass is 9.97. The Balaban J connectivity index is 1.41. The van der Waals surface area contributed by atoms with E-state index >= 15 is 0 Å². The maximum absolute atomic E-state index is 12.8. The van der Waals surface area contributed by atoms with Crippen LogP contribution in [0.4, 0.5) is 11.5 Å². The summed E-state index contributed by atoms with van der Waals surface area (Å²) in [6.45, 7) is 3.22. The van der Waals surface area contributed by atoms with Gasteiger partial charge in [-0.2, -0.15) is 4.98 Å². The summed E-state index contributed by atoms with van der Waals surface area (Å²) in [6.07, 6.45) is 3.45. The van der Waals surface area contributed by atoms with Crippen molar-refractivity contribution in [2.24, 2.45) is 5.92 Å². The molecule has 0 aliphatic carbocycles. The number of methoxy groups -OCH3 is 1. The van der Waals surface area contributed by atoms with Crippen LogP contribution in [0.3, 0.4) is 0 Å². The van der Waals surface area contributed by atoms with Gasteiger partial charge in [-0.3, -0.25) is 4.79 Å². The van der Waals surface area contributed by atoms with E-state index in [0.717, 1.165) is 30.8 Å². The van der Waals surface area contributed by atoms with Crippen LogP contribution in [-0.2, 0) is 4.79 Å². The number of hydrogen-bond acceptors (Lipinski definition) is 7. The average Bonchev–Trinajstić information content (AvgIpc) is 3.20. The van der Waals surface area contributed by atoms with Crippen LogP contribution in [0.15, 0.2) is 41.1 Å². The molecule has 1 amide bonds. The molecule has 3 aromatic rings. The smallest absolute Gasteiger partial charge is 0.259 e. The molecule has 8 nitrogen and oxygen atoms in total. The third kappa shape index (κ3) is 4.38. The van der Waals surface area contributed by atoms with E-state index in [0.29, 0.717) is 34.7 Å². The topological polar surface area (TPSA) is 93.4 Å². The van der Waals surface area contributed by atoms with Crippen molar-refractivity contribution in [3.63, 3.8) is 0 Å². The Morgan fingerprint density at radius 3 is 2.87 bits per heavy atom. The van der Waals surface area contributed by atoms with E-state index in [1.54, 1.807) is 38.4 Å². The van der Waals surface area contributed by atoms with Crippen molar-refractivity contribution >= 4 is 29.0 Å². The average molecular weight is 428 g/mol. The summed E-state index contributed by atoms with van der Waals surface area (Å²) in [5.41, 5.74) is 1.42. The van der Waals surface area contributed by atoms with Crippen molar-refractivity contribution in [2.45, 2.75) is 19.8 Å². The number of pyridine rings is 1. The normalized spacial score (nSPS) is 16.4. The lowest BCUT2D eigenvalue weighted by Crippen LogP contribution is -2.41. The molecule has 4 rings (SSSR count). The SMILES string of the molecule is COc1ccc(NC(=O)C2CCCN(c3ccc(-c4nc(C)no4)cn3)C2)cc1Cl. The molecule has 0 saturated carbocycles. The highest BCUT2D eigenvalue weighted by Gasteiger charge is 2.27. The van der Waals surface area contributed by atoms with Gasteiger partial charge >= 0.3 is 0 Å². The number of carbonyl (C=O) groups excluding carboxylic acids is 1. The molecule has 3 heterocycles. The lowest BCUT2D eigenvalue weighted by Gasteiger charge is -2.32. The molecule has 0 radical (unpaired) electrons. The van der Waals surface area contributed by atoms with Crippen LogP contribution >= 0.6 is 11.6 Å². The first-order valence-electron chi connectivity index (χ1n) is 9.69. The minimum absolute atomic E-state index is 0.0288. The zero-order valence-electron chi connectivity index (χ0n) is 16.8. The van der Waals surface area contributed by atoms with Gasteiger partial charge in [0.1, 0.15) is 11.6 Å². The number of rotatable bonds is 5. The molecule has 1 saturated heterocycles. The van der Waals surface area contributed by atoms with Gasteiger partial charge in [0.25, 0.3) is 5.89 Å². The summed E-state index contributed by atoms with van der Waals surface area (Å²) >= 11 is 6.15. The predicted octanol–water partition coefficient (Wildman–Crippen LogP) is 3.96. The number of aromatic nitrogens is 3. The Hall–Kier alpha value is -3.13. The fraction of sp³-hybridized carbons (Fsp3) is 0.333. The van der Waals surface area contributed by atoms with Crippen LogP contribution in [0.5, 0.6) is 5.75 Å². The number of ether oxygens (including phenoxy) is 1. The van der Waals surface area contributed by atoms with Gasteiger partial charge in [0.2, 0.25) is 5.91 Å². The molecule has 0 spiro atoms. The molecule has 1 atom stereocenters. The molecule has 9 heteroatoms. The fourth-order valence-electron chi connectivity index (χ4n) is 3.50. The van der Waals surface area contributed by atoms with Crippen LogP contribution in [0.25, 0.3) is 11.5 Å². The summed E-state index contributed by atoms with van der Waals surface area (Å²) in [6, 6.07) is 9.03. The number of hydrogen-bond donors (Lipinski definition) is 1. The second kappa shape index (κ2) is 8.71. The maximum Gasteiger partial charge on any atom is 0.259 e. The molecule has 156 valence electrons. The third-order valence-electron chi connectivity index (χ3n) is 5.06. The number of halogens is 1. The zero-order chi connectivity index (χ0) is 21.1. The number of amides is 1. The van der Waals surface area contributed by atoms with E-state index < -0.39 is 0 Å². The van der Waals surface area contributed by atoms with Gasteiger partial charge in [-0.05, 0) is 50.1 Å². The highest BCUT2D eigenvalue weighted by molar-refractivity contribution is 6.32. The number of anilines is 2. The van der Waals surface area contributed by atoms with Crippen molar-refractivity contribution in [2.75, 3.05) is 30.4 Å². The van der Waals surface area contributed by atoms with Crippen molar-refractivity contribution in [1.29, 1.82) is 0 Å². The third-order valence-corrected chi connectivity index (χ3v) is 5.35. The second-order valence-electron chi connectivity index (χ2n) is 7.18. The van der Waals surface area contributed by atoms with Crippen LogP contribution < -0.4 is 15.0 Å². The molecule has 1 aromatic carbocycles. The van der Waals surface area contributed by atoms with Crippen LogP contribution in [0, 0.1) is 12.8 Å².